The summed E-state index contributed by atoms with van der Waals surface area (Å²) in [6.07, 6.45) is 0. The predicted molar refractivity (Wildman–Crippen MR) is 115 cm³/mol. The van der Waals surface area contributed by atoms with Crippen molar-refractivity contribution < 1.29 is 4.92 Å². The zero-order valence-electron chi connectivity index (χ0n) is 13.8. The average molecular weight is 418 g/mol. The SMILES string of the molecule is O=[N+]([O-])c1ccccc1-c1ccc(NC(=S)Nc2cc(Cl)cc(Cl)c2)cc1. The predicted octanol–water partition coefficient (Wildman–Crippen LogP) is 6.38. The molecule has 0 aliphatic rings. The van der Waals surface area contributed by atoms with E-state index >= 15 is 0 Å². The summed E-state index contributed by atoms with van der Waals surface area (Å²) in [7, 11) is 0. The van der Waals surface area contributed by atoms with E-state index in [0.29, 0.717) is 26.4 Å². The van der Waals surface area contributed by atoms with Crippen LogP contribution < -0.4 is 10.6 Å². The van der Waals surface area contributed by atoms with Crippen molar-refractivity contribution >= 4 is 57.6 Å². The number of benzene rings is 3. The molecule has 8 heteroatoms. The quantitative estimate of drug-likeness (QED) is 0.293. The third-order valence-corrected chi connectivity index (χ3v) is 4.32. The lowest BCUT2D eigenvalue weighted by molar-refractivity contribution is -0.384. The smallest absolute Gasteiger partial charge is 0.277 e. The Bertz CT molecular complexity index is 990. The number of hydrogen-bond donors (Lipinski definition) is 2. The Kier molecular flexibility index (Phi) is 5.91. The van der Waals surface area contributed by atoms with Gasteiger partial charge in [-0.15, -0.1) is 0 Å². The van der Waals surface area contributed by atoms with E-state index in [-0.39, 0.29) is 5.69 Å². The molecule has 2 N–H and O–H groups in total. The van der Waals surface area contributed by atoms with Gasteiger partial charge in [-0.25, -0.2) is 0 Å². The second kappa shape index (κ2) is 8.35. The fourth-order valence-electron chi connectivity index (χ4n) is 2.53. The number of nitro groups is 1. The highest BCUT2D eigenvalue weighted by Crippen LogP contribution is 2.30. The van der Waals surface area contributed by atoms with Gasteiger partial charge in [-0.1, -0.05) is 47.5 Å². The lowest BCUT2D eigenvalue weighted by atomic mass is 10.0. The molecule has 0 spiro atoms. The highest BCUT2D eigenvalue weighted by molar-refractivity contribution is 7.80. The number of nitrogens with one attached hydrogen (secondary N) is 2. The monoisotopic (exact) mass is 417 g/mol. The molecule has 0 bridgehead atoms. The van der Waals surface area contributed by atoms with Gasteiger partial charge in [0.1, 0.15) is 0 Å². The molecule has 0 aliphatic carbocycles. The van der Waals surface area contributed by atoms with Gasteiger partial charge < -0.3 is 10.6 Å². The maximum absolute atomic E-state index is 11.2. The molecule has 0 unspecified atom stereocenters. The van der Waals surface area contributed by atoms with Crippen molar-refractivity contribution in [2.45, 2.75) is 0 Å². The highest BCUT2D eigenvalue weighted by Gasteiger charge is 2.13. The van der Waals surface area contributed by atoms with Crippen LogP contribution in [0.25, 0.3) is 11.1 Å². The number of thiocarbonyl (C=S) groups is 1. The third kappa shape index (κ3) is 4.95. The van der Waals surface area contributed by atoms with Crippen molar-refractivity contribution in [3.8, 4) is 11.1 Å². The van der Waals surface area contributed by atoms with Crippen LogP contribution >= 0.6 is 35.4 Å². The summed E-state index contributed by atoms with van der Waals surface area (Å²) in [5, 5.41) is 18.6. The average Bonchev–Trinajstić information content (AvgIpc) is 2.61. The highest BCUT2D eigenvalue weighted by atomic mass is 35.5. The zero-order chi connectivity index (χ0) is 19.4. The molecule has 0 radical (unpaired) electrons. The van der Waals surface area contributed by atoms with Gasteiger partial charge in [-0.2, -0.15) is 0 Å². The normalized spacial score (nSPS) is 10.3. The topological polar surface area (TPSA) is 67.2 Å². The van der Waals surface area contributed by atoms with E-state index in [2.05, 4.69) is 10.6 Å². The molecule has 0 atom stereocenters. The summed E-state index contributed by atoms with van der Waals surface area (Å²) < 4.78 is 0. The van der Waals surface area contributed by atoms with E-state index in [9.17, 15) is 10.1 Å². The number of hydrogen-bond acceptors (Lipinski definition) is 3. The lowest BCUT2D eigenvalue weighted by Crippen LogP contribution is -2.18. The Morgan fingerprint density at radius 2 is 1.48 bits per heavy atom. The number of halogens is 2. The molecule has 0 aliphatic heterocycles. The molecule has 136 valence electrons. The Morgan fingerprint density at radius 3 is 2.11 bits per heavy atom. The van der Waals surface area contributed by atoms with E-state index in [4.69, 9.17) is 35.4 Å². The molecule has 0 fully saturated rings. The van der Waals surface area contributed by atoms with Gasteiger partial charge in [0.15, 0.2) is 5.11 Å². The van der Waals surface area contributed by atoms with Crippen molar-refractivity contribution in [3.63, 3.8) is 0 Å². The van der Waals surface area contributed by atoms with Crippen LogP contribution in [0, 0.1) is 10.1 Å². The molecule has 0 saturated carbocycles. The minimum atomic E-state index is -0.392. The maximum Gasteiger partial charge on any atom is 0.277 e. The van der Waals surface area contributed by atoms with Crippen molar-refractivity contribution in [1.29, 1.82) is 0 Å². The van der Waals surface area contributed by atoms with Crippen molar-refractivity contribution in [3.05, 3.63) is 86.9 Å². The molecule has 0 amide bonds. The Morgan fingerprint density at radius 1 is 0.889 bits per heavy atom. The fourth-order valence-corrected chi connectivity index (χ4v) is 3.29. The van der Waals surface area contributed by atoms with E-state index < -0.39 is 4.92 Å². The number of nitro benzene ring substituents is 1. The van der Waals surface area contributed by atoms with Gasteiger partial charge in [-0.05, 0) is 54.2 Å². The summed E-state index contributed by atoms with van der Waals surface area (Å²) >= 11 is 17.2. The maximum atomic E-state index is 11.2. The Balaban J connectivity index is 1.72. The van der Waals surface area contributed by atoms with Crippen LogP contribution in [0.2, 0.25) is 10.0 Å². The summed E-state index contributed by atoms with van der Waals surface area (Å²) in [6.45, 7) is 0. The van der Waals surface area contributed by atoms with Crippen molar-refractivity contribution in [1.82, 2.24) is 0 Å². The van der Waals surface area contributed by atoms with Crippen molar-refractivity contribution in [2.24, 2.45) is 0 Å². The standard InChI is InChI=1S/C19H13Cl2N3O2S/c20-13-9-14(21)11-16(10-13)23-19(27)22-15-7-5-12(6-8-15)17-3-1-2-4-18(17)24(25)26/h1-11H,(H2,22,23,27). The van der Waals surface area contributed by atoms with Crippen LogP contribution in [0.15, 0.2) is 66.7 Å². The number of para-hydroxylation sites is 1. The minimum Gasteiger partial charge on any atom is -0.332 e. The molecule has 0 heterocycles. The van der Waals surface area contributed by atoms with Gasteiger partial charge >= 0.3 is 0 Å². The molecule has 3 aromatic rings. The first kappa shape index (κ1) is 19.1. The first-order chi connectivity index (χ1) is 12.9. The largest absolute Gasteiger partial charge is 0.332 e. The number of rotatable bonds is 4. The molecule has 3 rings (SSSR count). The second-order valence-electron chi connectivity index (χ2n) is 5.59. The van der Waals surface area contributed by atoms with Crippen LogP contribution in [-0.2, 0) is 0 Å². The molecule has 0 saturated heterocycles. The molecule has 5 nitrogen and oxygen atoms in total. The number of nitrogens with zero attached hydrogens (tertiary/aromatic N) is 1. The lowest BCUT2D eigenvalue weighted by Gasteiger charge is -2.12. The molecule has 0 aromatic heterocycles. The van der Waals surface area contributed by atoms with Crippen LogP contribution in [0.1, 0.15) is 0 Å². The van der Waals surface area contributed by atoms with Crippen LogP contribution in [0.4, 0.5) is 17.1 Å². The summed E-state index contributed by atoms with van der Waals surface area (Å²) in [5.41, 5.74) is 2.77. The summed E-state index contributed by atoms with van der Waals surface area (Å²) in [4.78, 5) is 10.8. The Hall–Kier alpha value is -2.67. The van der Waals surface area contributed by atoms with Gasteiger partial charge in [0.25, 0.3) is 5.69 Å². The summed E-state index contributed by atoms with van der Waals surface area (Å²) in [6, 6.07) is 18.8. The first-order valence-electron chi connectivity index (χ1n) is 7.80. The molecular formula is C19H13Cl2N3O2S. The first-order valence-corrected chi connectivity index (χ1v) is 8.97. The molecule has 3 aromatic carbocycles. The van der Waals surface area contributed by atoms with E-state index in [0.717, 1.165) is 11.3 Å². The Labute approximate surface area is 171 Å². The van der Waals surface area contributed by atoms with Crippen LogP contribution in [-0.4, -0.2) is 10.0 Å². The van der Waals surface area contributed by atoms with Gasteiger partial charge in [-0.3, -0.25) is 10.1 Å². The van der Waals surface area contributed by atoms with Crippen LogP contribution in [0.5, 0.6) is 0 Å². The molecular weight excluding hydrogens is 405 g/mol. The van der Waals surface area contributed by atoms with Gasteiger partial charge in [0, 0.05) is 27.5 Å². The van der Waals surface area contributed by atoms with Crippen molar-refractivity contribution in [2.75, 3.05) is 10.6 Å². The summed E-state index contributed by atoms with van der Waals surface area (Å²) in [5.74, 6) is 0. The zero-order valence-corrected chi connectivity index (χ0v) is 16.1. The number of anilines is 2. The van der Waals surface area contributed by atoms with Crippen LogP contribution in [0.3, 0.4) is 0 Å². The van der Waals surface area contributed by atoms with E-state index in [1.165, 1.54) is 6.07 Å². The van der Waals surface area contributed by atoms with Gasteiger partial charge in [0.05, 0.1) is 10.5 Å². The minimum absolute atomic E-state index is 0.0632. The second-order valence-corrected chi connectivity index (χ2v) is 6.87. The fraction of sp³-hybridized carbons (Fsp3) is 0. The molecule has 27 heavy (non-hydrogen) atoms. The van der Waals surface area contributed by atoms with E-state index in [1.807, 2.05) is 0 Å². The third-order valence-electron chi connectivity index (χ3n) is 3.67. The van der Waals surface area contributed by atoms with E-state index in [1.54, 1.807) is 60.7 Å². The van der Waals surface area contributed by atoms with Gasteiger partial charge in [0.2, 0.25) is 0 Å².